The lowest BCUT2D eigenvalue weighted by Gasteiger charge is -2.40. The Bertz CT molecular complexity index is 4810. The standard InChI is InChI=1S/C54H40N2/c1-38-47-23-13-14-25-50(47)56(54-48-24-12-11-22-44(48)32-37-49(54)43-20-9-4-10-21-43)52-27-15-26-51(53(38)52)55(45-33-28-41(29-34-45)39-16-5-2-6-17-39)46-35-30-42(31-36-46)40-18-7-3-8-19-40/h2-38H,1H3/i1D3,2D,3D,4D,5D,6D,7D,8D,9D,10D,11D,12D,13D,14D,15D,16D,17D,18D,19D,20D,21D,22D,23D,24D,25D,26D,27D,28D,29D,30D,31D,32D,33D,34D,35D,36D,37D,38D. The average molecular weight is 757 g/mol. The molecule has 1 aliphatic rings. The molecule has 1 aliphatic heterocycles. The molecular formula is C54H40N2. The summed E-state index contributed by atoms with van der Waals surface area (Å²) in [5.41, 5.74) is -18.6. The topological polar surface area (TPSA) is 6.48 Å². The molecule has 0 aromatic heterocycles. The molecule has 2 nitrogen and oxygen atoms in total. The summed E-state index contributed by atoms with van der Waals surface area (Å²) in [6.07, 6.45) is 0. The summed E-state index contributed by atoms with van der Waals surface area (Å²) in [7, 11) is 0. The Morgan fingerprint density at radius 1 is 0.464 bits per heavy atom. The molecular weight excluding hydrogens is 677 g/mol. The molecule has 0 radical (unpaired) electrons. The van der Waals surface area contributed by atoms with Gasteiger partial charge in [0.1, 0.15) is 0 Å². The zero-order valence-electron chi connectivity index (χ0n) is 67.9. The van der Waals surface area contributed by atoms with Crippen molar-refractivity contribution >= 4 is 44.9 Å². The molecule has 0 amide bonds. The highest BCUT2D eigenvalue weighted by Crippen LogP contribution is 2.56. The summed E-state index contributed by atoms with van der Waals surface area (Å²) in [4.78, 5) is 0.289. The third-order valence-electron chi connectivity index (χ3n) is 8.29. The fraction of sp³-hybridized carbons (Fsp3) is 0.0370. The summed E-state index contributed by atoms with van der Waals surface area (Å²) >= 11 is 0. The van der Waals surface area contributed by atoms with Crippen LogP contribution in [0, 0.1) is 0 Å². The smallest absolute Gasteiger partial charge is 0.0645 e. The Morgan fingerprint density at radius 3 is 1.61 bits per heavy atom. The van der Waals surface area contributed by atoms with E-state index in [0.717, 1.165) is 0 Å². The molecule has 0 saturated heterocycles. The van der Waals surface area contributed by atoms with Gasteiger partial charge in [0.15, 0.2) is 0 Å². The van der Waals surface area contributed by atoms with Crippen LogP contribution in [-0.4, -0.2) is 0 Å². The second-order valence-electron chi connectivity index (χ2n) is 11.4. The van der Waals surface area contributed by atoms with Gasteiger partial charge in [0.2, 0.25) is 0 Å². The molecule has 9 aromatic carbocycles. The third-order valence-corrected chi connectivity index (χ3v) is 8.29. The first-order valence-electron chi connectivity index (χ1n) is 36.1. The molecule has 0 bridgehead atoms. The van der Waals surface area contributed by atoms with Crippen LogP contribution in [0.15, 0.2) is 218 Å². The fourth-order valence-corrected chi connectivity index (χ4v) is 5.92. The molecule has 0 N–H and O–H groups in total. The normalized spacial score (nSPS) is 24.8. The lowest BCUT2D eigenvalue weighted by atomic mass is 9.83. The zero-order chi connectivity index (χ0) is 72.2. The van der Waals surface area contributed by atoms with E-state index in [4.69, 9.17) is 24.7 Å². The molecule has 1 unspecified atom stereocenters. The van der Waals surface area contributed by atoms with E-state index in [1.807, 2.05) is 0 Å². The number of hydrogen-bond acceptors (Lipinski definition) is 2. The van der Waals surface area contributed by atoms with E-state index in [-0.39, 0.29) is 9.80 Å². The van der Waals surface area contributed by atoms with Crippen molar-refractivity contribution in [2.75, 3.05) is 9.80 Å². The average Bonchev–Trinajstić information content (AvgIpc) is 0.667. The van der Waals surface area contributed by atoms with Crippen LogP contribution in [0.25, 0.3) is 44.2 Å². The zero-order valence-corrected chi connectivity index (χ0v) is 27.9. The number of anilines is 6. The summed E-state index contributed by atoms with van der Waals surface area (Å²) in [5, 5.41) is -2.12. The molecule has 0 saturated carbocycles. The predicted octanol–water partition coefficient (Wildman–Crippen LogP) is 15.2. The number of fused-ring (bicyclic) bond motifs is 3. The van der Waals surface area contributed by atoms with Gasteiger partial charge in [-0.05, 0) is 81.1 Å². The minimum absolute atomic E-state index is 0.0188. The fourth-order valence-electron chi connectivity index (χ4n) is 5.92. The molecule has 2 heteroatoms. The number of rotatable bonds is 7. The SMILES string of the molecule is [2H]c1c([2H])c([2H])c(-c2c([2H])c([2H])c(N(c3c([2H])c([2H])c(-c4c([2H])c([2H])c([2H])c([2H])c4[2H])c([2H])c3[2H])c3c([2H])c([2H])c([2H])c4c3C([2H])(C([2H])([2H])[2H])c3c([2H])c([2H])c([2H])c([2H])c3N4c3c(-c4c([2H])c([2H])c([2H])c([2H])c4[2H])c([2H])c([2H])c4c([2H])c([2H])c([2H])c([2H])c34)c([2H])c2[2H])c([2H])c1[2H]. The summed E-state index contributed by atoms with van der Waals surface area (Å²) in [6.45, 7) is -4.32. The molecule has 0 aliphatic carbocycles. The van der Waals surface area contributed by atoms with Crippen molar-refractivity contribution in [2.45, 2.75) is 12.7 Å². The second kappa shape index (κ2) is 14.2. The first kappa shape index (κ1) is 11.7. The van der Waals surface area contributed by atoms with Crippen LogP contribution in [-0.2, 0) is 0 Å². The van der Waals surface area contributed by atoms with Crippen molar-refractivity contribution in [1.82, 2.24) is 0 Å². The van der Waals surface area contributed by atoms with Gasteiger partial charge >= 0.3 is 0 Å². The van der Waals surface area contributed by atoms with E-state index in [1.165, 1.54) is 0 Å². The van der Waals surface area contributed by atoms with Crippen LogP contribution >= 0.6 is 0 Å². The van der Waals surface area contributed by atoms with E-state index in [9.17, 15) is 30.2 Å². The largest absolute Gasteiger partial charge is 0.310 e. The highest BCUT2D eigenvalue weighted by Gasteiger charge is 2.34. The monoisotopic (exact) mass is 757 g/mol. The van der Waals surface area contributed by atoms with Gasteiger partial charge in [0, 0.05) is 45.0 Å². The second-order valence-corrected chi connectivity index (χ2v) is 11.4. The Hall–Kier alpha value is -7.16. The molecule has 0 fully saturated rings. The van der Waals surface area contributed by atoms with Gasteiger partial charge in [-0.2, -0.15) is 0 Å². The minimum Gasteiger partial charge on any atom is -0.310 e. The molecule has 10 rings (SSSR count). The summed E-state index contributed by atoms with van der Waals surface area (Å²) < 4.78 is 369. The van der Waals surface area contributed by atoms with Crippen LogP contribution in [0.4, 0.5) is 34.1 Å². The molecule has 9 aromatic rings. The van der Waals surface area contributed by atoms with Crippen molar-refractivity contribution in [3.63, 3.8) is 0 Å². The molecule has 0 spiro atoms. The number of nitrogens with zero attached hydrogens (tertiary/aromatic N) is 2. The van der Waals surface area contributed by atoms with E-state index in [2.05, 4.69) is 0 Å². The maximum absolute atomic E-state index is 10.7. The van der Waals surface area contributed by atoms with Crippen LogP contribution in [0.1, 0.15) is 78.7 Å². The van der Waals surface area contributed by atoms with Gasteiger partial charge in [-0.3, -0.25) is 0 Å². The Balaban J connectivity index is 1.58. The van der Waals surface area contributed by atoms with Crippen molar-refractivity contribution in [2.24, 2.45) is 0 Å². The Labute approximate surface area is 385 Å². The maximum atomic E-state index is 10.7. The molecule has 56 heavy (non-hydrogen) atoms. The summed E-state index contributed by atoms with van der Waals surface area (Å²) in [5.74, 6) is -4.21. The number of benzene rings is 9. The highest BCUT2D eigenvalue weighted by molar-refractivity contribution is 6.08. The first-order valence-corrected chi connectivity index (χ1v) is 16.1. The van der Waals surface area contributed by atoms with Gasteiger partial charge in [-0.1, -0.05) is 182 Å². The van der Waals surface area contributed by atoms with E-state index in [1.54, 1.807) is 0 Å². The maximum Gasteiger partial charge on any atom is 0.0645 e. The van der Waals surface area contributed by atoms with Crippen molar-refractivity contribution < 1.29 is 54.8 Å². The lowest BCUT2D eigenvalue weighted by Crippen LogP contribution is -2.24. The van der Waals surface area contributed by atoms with Gasteiger partial charge in [-0.15, -0.1) is 0 Å². The van der Waals surface area contributed by atoms with Crippen LogP contribution < -0.4 is 9.80 Å². The van der Waals surface area contributed by atoms with E-state index >= 15 is 0 Å². The molecule has 1 heterocycles. The Morgan fingerprint density at radius 2 is 0.982 bits per heavy atom. The van der Waals surface area contributed by atoms with E-state index in [0.29, 0.717) is 0 Å². The van der Waals surface area contributed by atoms with Crippen molar-refractivity contribution in [3.8, 4) is 33.4 Å². The molecule has 266 valence electrons. The minimum atomic E-state index is -4.32. The lowest BCUT2D eigenvalue weighted by molar-refractivity contribution is 0.890. The van der Waals surface area contributed by atoms with Crippen LogP contribution in [0.5, 0.6) is 0 Å². The van der Waals surface area contributed by atoms with E-state index < -0.39 is 320 Å². The number of hydrogen-bond donors (Lipinski definition) is 0. The van der Waals surface area contributed by atoms with Gasteiger partial charge < -0.3 is 9.80 Å². The highest BCUT2D eigenvalue weighted by atomic mass is 15.2. The Kier molecular flexibility index (Phi) is 2.97. The number of para-hydroxylation sites is 1. The van der Waals surface area contributed by atoms with Gasteiger partial charge in [0.05, 0.1) is 66.4 Å². The third kappa shape index (κ3) is 5.84. The van der Waals surface area contributed by atoms with Gasteiger partial charge in [0.25, 0.3) is 0 Å². The van der Waals surface area contributed by atoms with Crippen LogP contribution in [0.2, 0.25) is 0 Å². The van der Waals surface area contributed by atoms with Crippen LogP contribution in [0.3, 0.4) is 0 Å². The van der Waals surface area contributed by atoms with Crippen molar-refractivity contribution in [1.29, 1.82) is 0 Å². The van der Waals surface area contributed by atoms with Gasteiger partial charge in [-0.25, -0.2) is 0 Å². The molecule has 1 atom stereocenters. The first-order chi connectivity index (χ1) is 44.3. The predicted molar refractivity (Wildman–Crippen MR) is 237 cm³/mol. The summed E-state index contributed by atoms with van der Waals surface area (Å²) in [6, 6.07) is -46.7. The quantitative estimate of drug-likeness (QED) is 0.160. The van der Waals surface area contributed by atoms with Crippen molar-refractivity contribution in [3.05, 3.63) is 229 Å².